The van der Waals surface area contributed by atoms with E-state index in [9.17, 15) is 0 Å². The minimum Gasteiger partial charge on any atom is -0.351 e. The Kier molecular flexibility index (Phi) is 6.52. The highest BCUT2D eigenvalue weighted by atomic mass is 79.9. The monoisotopic (exact) mass is 221 g/mol. The number of rotatable bonds is 5. The zero-order chi connectivity index (χ0) is 8.69. The molecule has 0 aromatic carbocycles. The van der Waals surface area contributed by atoms with E-state index in [1.807, 2.05) is 19.9 Å². The Morgan fingerprint density at radius 3 is 2.09 bits per heavy atom. The number of nitrogens with zero attached hydrogens (tertiary/aromatic N) is 1. The van der Waals surface area contributed by atoms with Crippen LogP contribution in [0.1, 0.15) is 13.8 Å². The van der Waals surface area contributed by atoms with Crippen LogP contribution in [0, 0.1) is 11.3 Å². The average molecular weight is 222 g/mol. The van der Waals surface area contributed by atoms with Gasteiger partial charge < -0.3 is 9.47 Å². The summed E-state index contributed by atoms with van der Waals surface area (Å²) in [6.07, 6.45) is -0.449. The number of hydrogen-bond donors (Lipinski definition) is 0. The van der Waals surface area contributed by atoms with Crippen molar-refractivity contribution < 1.29 is 9.47 Å². The molecule has 4 heteroatoms. The lowest BCUT2D eigenvalue weighted by molar-refractivity contribution is -0.127. The van der Waals surface area contributed by atoms with Crippen molar-refractivity contribution in [3.8, 4) is 6.07 Å². The van der Waals surface area contributed by atoms with Crippen molar-refractivity contribution in [2.24, 2.45) is 0 Å². The fraction of sp³-hybridized carbons (Fsp3) is 0.857. The largest absolute Gasteiger partial charge is 0.351 e. The zero-order valence-corrected chi connectivity index (χ0v) is 8.30. The quantitative estimate of drug-likeness (QED) is 0.524. The molecule has 0 aliphatic rings. The summed E-state index contributed by atoms with van der Waals surface area (Å²) >= 11 is 3.13. The molecule has 64 valence electrons. The third-order valence-electron chi connectivity index (χ3n) is 1.02. The summed E-state index contributed by atoms with van der Waals surface area (Å²) in [5.74, 6) is 0. The fourth-order valence-electron chi connectivity index (χ4n) is 0.606. The first kappa shape index (κ1) is 10.9. The van der Waals surface area contributed by atoms with E-state index < -0.39 is 6.29 Å². The minimum absolute atomic E-state index is 0.387. The molecule has 0 unspecified atom stereocenters. The van der Waals surface area contributed by atoms with Crippen LogP contribution in [0.4, 0.5) is 0 Å². The van der Waals surface area contributed by atoms with Crippen molar-refractivity contribution in [2.45, 2.75) is 25.0 Å². The van der Waals surface area contributed by atoms with Gasteiger partial charge in [0, 0.05) is 13.2 Å². The first-order valence-electron chi connectivity index (χ1n) is 3.53. The fourth-order valence-corrected chi connectivity index (χ4v) is 0.912. The Bertz CT molecular complexity index is 129. The van der Waals surface area contributed by atoms with E-state index in [2.05, 4.69) is 15.9 Å². The third-order valence-corrected chi connectivity index (χ3v) is 1.66. The maximum atomic E-state index is 8.50. The second-order valence-electron chi connectivity index (χ2n) is 1.81. The van der Waals surface area contributed by atoms with Gasteiger partial charge in [0.15, 0.2) is 11.1 Å². The highest BCUT2D eigenvalue weighted by Gasteiger charge is 2.17. The number of nitriles is 1. The molecule has 0 N–H and O–H groups in total. The van der Waals surface area contributed by atoms with E-state index in [0.29, 0.717) is 13.2 Å². The molecule has 0 aromatic heterocycles. The number of ether oxygens (including phenoxy) is 2. The molecule has 0 spiro atoms. The summed E-state index contributed by atoms with van der Waals surface area (Å²) in [7, 11) is 0. The predicted octanol–water partition coefficient (Wildman–Crippen LogP) is 1.67. The molecule has 0 bridgehead atoms. The van der Waals surface area contributed by atoms with Gasteiger partial charge in [0.25, 0.3) is 0 Å². The Morgan fingerprint density at radius 1 is 1.36 bits per heavy atom. The standard InChI is InChI=1S/C7H12BrNO2/c1-3-10-7(11-4-2)6(8)5-9/h6-7H,3-4H2,1-2H3/t6-/m1/s1. The molecule has 0 fully saturated rings. The number of halogens is 1. The highest BCUT2D eigenvalue weighted by molar-refractivity contribution is 9.09. The van der Waals surface area contributed by atoms with Crippen LogP contribution in [0.2, 0.25) is 0 Å². The van der Waals surface area contributed by atoms with Gasteiger partial charge in [0.1, 0.15) is 0 Å². The van der Waals surface area contributed by atoms with E-state index in [4.69, 9.17) is 14.7 Å². The van der Waals surface area contributed by atoms with Crippen LogP contribution in [-0.4, -0.2) is 24.3 Å². The molecule has 1 atom stereocenters. The Hall–Kier alpha value is -0.110. The predicted molar refractivity (Wildman–Crippen MR) is 45.4 cm³/mol. The molecule has 0 saturated carbocycles. The first-order chi connectivity index (χ1) is 5.26. The average Bonchev–Trinajstić information content (AvgIpc) is 2.03. The van der Waals surface area contributed by atoms with Crippen LogP contribution in [-0.2, 0) is 9.47 Å². The van der Waals surface area contributed by atoms with Crippen molar-refractivity contribution in [1.82, 2.24) is 0 Å². The summed E-state index contributed by atoms with van der Waals surface area (Å²) in [6.45, 7) is 4.83. The summed E-state index contributed by atoms with van der Waals surface area (Å²) in [4.78, 5) is -0.387. The van der Waals surface area contributed by atoms with E-state index in [0.717, 1.165) is 0 Å². The van der Waals surface area contributed by atoms with Crippen LogP contribution in [0.15, 0.2) is 0 Å². The van der Waals surface area contributed by atoms with E-state index in [-0.39, 0.29) is 4.83 Å². The minimum atomic E-state index is -0.449. The highest BCUT2D eigenvalue weighted by Crippen LogP contribution is 2.09. The molecular formula is C7H12BrNO2. The summed E-state index contributed by atoms with van der Waals surface area (Å²) in [6, 6.07) is 2.00. The van der Waals surface area contributed by atoms with Gasteiger partial charge in [-0.3, -0.25) is 0 Å². The smallest absolute Gasteiger partial charge is 0.183 e. The molecule has 0 aliphatic heterocycles. The molecule has 0 aliphatic carbocycles. The van der Waals surface area contributed by atoms with Crippen molar-refractivity contribution in [3.05, 3.63) is 0 Å². The van der Waals surface area contributed by atoms with E-state index >= 15 is 0 Å². The van der Waals surface area contributed by atoms with Crippen LogP contribution in [0.25, 0.3) is 0 Å². The summed E-state index contributed by atoms with van der Waals surface area (Å²) in [5.41, 5.74) is 0. The van der Waals surface area contributed by atoms with Crippen molar-refractivity contribution in [2.75, 3.05) is 13.2 Å². The first-order valence-corrected chi connectivity index (χ1v) is 4.44. The lowest BCUT2D eigenvalue weighted by Gasteiger charge is -2.16. The Morgan fingerprint density at radius 2 is 1.82 bits per heavy atom. The topological polar surface area (TPSA) is 42.2 Å². The molecule has 0 saturated heterocycles. The Balaban J connectivity index is 3.78. The van der Waals surface area contributed by atoms with Crippen molar-refractivity contribution in [1.29, 1.82) is 5.26 Å². The maximum absolute atomic E-state index is 8.50. The van der Waals surface area contributed by atoms with Crippen LogP contribution in [0.3, 0.4) is 0 Å². The third kappa shape index (κ3) is 4.35. The van der Waals surface area contributed by atoms with Gasteiger partial charge in [0.05, 0.1) is 6.07 Å². The lowest BCUT2D eigenvalue weighted by atomic mass is 10.4. The molecule has 3 nitrogen and oxygen atoms in total. The van der Waals surface area contributed by atoms with Gasteiger partial charge in [-0.2, -0.15) is 5.26 Å². The van der Waals surface area contributed by atoms with Crippen molar-refractivity contribution >= 4 is 15.9 Å². The molecule has 0 radical (unpaired) electrons. The maximum Gasteiger partial charge on any atom is 0.183 e. The SMILES string of the molecule is CCOC(OCC)[C@H](Br)C#N. The van der Waals surface area contributed by atoms with Gasteiger partial charge >= 0.3 is 0 Å². The molecular weight excluding hydrogens is 210 g/mol. The van der Waals surface area contributed by atoms with Crippen LogP contribution in [0.5, 0.6) is 0 Å². The van der Waals surface area contributed by atoms with Gasteiger partial charge in [-0.05, 0) is 13.8 Å². The second kappa shape index (κ2) is 6.59. The summed E-state index contributed by atoms with van der Waals surface area (Å²) < 4.78 is 10.3. The molecule has 0 aromatic rings. The van der Waals surface area contributed by atoms with Gasteiger partial charge in [-0.25, -0.2) is 0 Å². The van der Waals surface area contributed by atoms with Crippen LogP contribution < -0.4 is 0 Å². The van der Waals surface area contributed by atoms with Gasteiger partial charge in [-0.15, -0.1) is 0 Å². The van der Waals surface area contributed by atoms with Crippen molar-refractivity contribution in [3.63, 3.8) is 0 Å². The molecule has 11 heavy (non-hydrogen) atoms. The zero-order valence-electron chi connectivity index (χ0n) is 6.71. The van der Waals surface area contributed by atoms with Gasteiger partial charge in [-0.1, -0.05) is 15.9 Å². The van der Waals surface area contributed by atoms with Gasteiger partial charge in [0.2, 0.25) is 0 Å². The van der Waals surface area contributed by atoms with Crippen LogP contribution >= 0.6 is 15.9 Å². The molecule has 0 heterocycles. The van der Waals surface area contributed by atoms with E-state index in [1.54, 1.807) is 0 Å². The lowest BCUT2D eigenvalue weighted by Crippen LogP contribution is -2.26. The Labute approximate surface area is 75.4 Å². The second-order valence-corrected chi connectivity index (χ2v) is 2.80. The summed E-state index contributed by atoms with van der Waals surface area (Å²) in [5, 5.41) is 8.50. The number of alkyl halides is 1. The normalized spacial score (nSPS) is 13.0. The van der Waals surface area contributed by atoms with E-state index in [1.165, 1.54) is 0 Å². The number of hydrogen-bond acceptors (Lipinski definition) is 3. The molecule has 0 amide bonds. The molecule has 0 rings (SSSR count).